The molecule has 0 N–H and O–H groups in total. The molecule has 1 amide bonds. The molecule has 0 bridgehead atoms. The van der Waals surface area contributed by atoms with E-state index in [9.17, 15) is 4.79 Å². The molecular formula is C13H22BrN3O. The van der Waals surface area contributed by atoms with Crippen LogP contribution in [0.1, 0.15) is 58.1 Å². The Kier molecular flexibility index (Phi) is 4.96. The zero-order chi connectivity index (χ0) is 14.0. The third kappa shape index (κ3) is 2.94. The molecule has 5 heteroatoms. The van der Waals surface area contributed by atoms with Crippen LogP contribution in [0.5, 0.6) is 0 Å². The van der Waals surface area contributed by atoms with Gasteiger partial charge in [-0.3, -0.25) is 9.48 Å². The number of rotatable bonds is 4. The molecule has 0 unspecified atom stereocenters. The van der Waals surface area contributed by atoms with Crippen LogP contribution in [-0.2, 0) is 0 Å². The second kappa shape index (κ2) is 5.87. The fourth-order valence-corrected chi connectivity index (χ4v) is 2.56. The normalized spacial score (nSPS) is 11.7. The van der Waals surface area contributed by atoms with Gasteiger partial charge >= 0.3 is 0 Å². The second-order valence-electron chi connectivity index (χ2n) is 5.28. The number of amides is 1. The lowest BCUT2D eigenvalue weighted by Gasteiger charge is -2.31. The third-order valence-corrected chi connectivity index (χ3v) is 3.37. The Labute approximate surface area is 117 Å². The topological polar surface area (TPSA) is 38.1 Å². The maximum absolute atomic E-state index is 12.7. The van der Waals surface area contributed by atoms with Gasteiger partial charge in [-0.2, -0.15) is 5.10 Å². The molecular weight excluding hydrogens is 294 g/mol. The minimum absolute atomic E-state index is 0.0260. The minimum Gasteiger partial charge on any atom is -0.332 e. The Balaban J connectivity index is 3.20. The fraction of sp³-hybridized carbons (Fsp3) is 0.692. The maximum atomic E-state index is 12.7. The van der Waals surface area contributed by atoms with Crippen molar-refractivity contribution in [3.63, 3.8) is 0 Å². The quantitative estimate of drug-likeness (QED) is 0.853. The van der Waals surface area contributed by atoms with Crippen molar-refractivity contribution < 1.29 is 4.79 Å². The van der Waals surface area contributed by atoms with Crippen LogP contribution < -0.4 is 0 Å². The number of halogens is 1. The first-order valence-electron chi connectivity index (χ1n) is 6.33. The van der Waals surface area contributed by atoms with Crippen molar-refractivity contribution >= 4 is 21.8 Å². The van der Waals surface area contributed by atoms with Gasteiger partial charge in [0, 0.05) is 18.1 Å². The highest BCUT2D eigenvalue weighted by Crippen LogP contribution is 2.23. The van der Waals surface area contributed by atoms with Gasteiger partial charge in [-0.1, -0.05) is 0 Å². The Morgan fingerprint density at radius 3 is 2.11 bits per heavy atom. The predicted molar refractivity (Wildman–Crippen MR) is 76.8 cm³/mol. The van der Waals surface area contributed by atoms with E-state index in [4.69, 9.17) is 0 Å². The molecule has 0 saturated heterocycles. The largest absolute Gasteiger partial charge is 0.332 e. The smallest absolute Gasteiger partial charge is 0.273 e. The summed E-state index contributed by atoms with van der Waals surface area (Å²) in [6, 6.07) is 0.497. The number of carbonyl (C=O) groups excluding carboxylic acids is 1. The summed E-state index contributed by atoms with van der Waals surface area (Å²) >= 11 is 3.42. The highest BCUT2D eigenvalue weighted by atomic mass is 79.9. The number of aromatic nitrogens is 2. The highest BCUT2D eigenvalue weighted by molar-refractivity contribution is 9.10. The first-order chi connectivity index (χ1) is 8.27. The van der Waals surface area contributed by atoms with Crippen molar-refractivity contribution in [2.45, 2.75) is 59.7 Å². The zero-order valence-corrected chi connectivity index (χ0v) is 13.5. The van der Waals surface area contributed by atoms with E-state index in [0.29, 0.717) is 5.69 Å². The molecule has 1 heterocycles. The van der Waals surface area contributed by atoms with E-state index in [2.05, 4.69) is 21.0 Å². The lowest BCUT2D eigenvalue weighted by atomic mass is 10.2. The van der Waals surface area contributed by atoms with Gasteiger partial charge in [0.25, 0.3) is 5.91 Å². The lowest BCUT2D eigenvalue weighted by molar-refractivity contribution is 0.0627. The summed E-state index contributed by atoms with van der Waals surface area (Å²) in [7, 11) is 0. The minimum atomic E-state index is 0.0260. The molecule has 0 saturated carbocycles. The SMILES string of the molecule is CC(C)N(C(=O)c1c(Br)cnn1C(C)C)C(C)C. The van der Waals surface area contributed by atoms with Crippen LogP contribution in [-0.4, -0.2) is 32.7 Å². The molecule has 0 radical (unpaired) electrons. The molecule has 0 aliphatic rings. The summed E-state index contributed by atoms with van der Waals surface area (Å²) in [6.45, 7) is 12.2. The predicted octanol–water partition coefficient (Wildman–Crippen LogP) is 3.49. The molecule has 1 rings (SSSR count). The van der Waals surface area contributed by atoms with E-state index in [1.807, 2.05) is 46.4 Å². The number of hydrogen-bond donors (Lipinski definition) is 0. The van der Waals surface area contributed by atoms with Gasteiger partial charge in [0.05, 0.1) is 10.7 Å². The molecule has 4 nitrogen and oxygen atoms in total. The molecule has 0 aliphatic carbocycles. The van der Waals surface area contributed by atoms with Gasteiger partial charge < -0.3 is 4.90 Å². The summed E-state index contributed by atoms with van der Waals surface area (Å²) in [4.78, 5) is 14.5. The first kappa shape index (κ1) is 15.2. The van der Waals surface area contributed by atoms with Crippen molar-refractivity contribution in [2.75, 3.05) is 0 Å². The van der Waals surface area contributed by atoms with Crippen molar-refractivity contribution in [1.29, 1.82) is 0 Å². The molecule has 0 spiro atoms. The van der Waals surface area contributed by atoms with Gasteiger partial charge in [0.2, 0.25) is 0 Å². The molecule has 0 atom stereocenters. The lowest BCUT2D eigenvalue weighted by Crippen LogP contribution is -2.43. The van der Waals surface area contributed by atoms with Crippen LogP contribution in [0.2, 0.25) is 0 Å². The standard InChI is InChI=1S/C13H22BrN3O/c1-8(2)16(9(3)4)13(18)12-11(14)7-15-17(12)10(5)6/h7-10H,1-6H3. The van der Waals surface area contributed by atoms with E-state index in [0.717, 1.165) is 4.47 Å². The third-order valence-electron chi connectivity index (χ3n) is 2.79. The van der Waals surface area contributed by atoms with Crippen LogP contribution in [0.15, 0.2) is 10.7 Å². The monoisotopic (exact) mass is 315 g/mol. The number of nitrogens with zero attached hydrogens (tertiary/aromatic N) is 3. The Hall–Kier alpha value is -0.840. The van der Waals surface area contributed by atoms with Crippen molar-refractivity contribution in [3.8, 4) is 0 Å². The summed E-state index contributed by atoms with van der Waals surface area (Å²) in [6.07, 6.45) is 1.69. The molecule has 18 heavy (non-hydrogen) atoms. The maximum Gasteiger partial charge on any atom is 0.273 e. The summed E-state index contributed by atoms with van der Waals surface area (Å²) in [5, 5.41) is 4.26. The number of carbonyl (C=O) groups is 1. The van der Waals surface area contributed by atoms with Gasteiger partial charge in [0.15, 0.2) is 0 Å². The Bertz CT molecular complexity index is 416. The van der Waals surface area contributed by atoms with Crippen LogP contribution >= 0.6 is 15.9 Å². The molecule has 0 aliphatic heterocycles. The van der Waals surface area contributed by atoms with E-state index in [1.54, 1.807) is 10.9 Å². The van der Waals surface area contributed by atoms with Gasteiger partial charge in [0.1, 0.15) is 5.69 Å². The molecule has 102 valence electrons. The second-order valence-corrected chi connectivity index (χ2v) is 6.13. The van der Waals surface area contributed by atoms with Crippen molar-refractivity contribution in [2.24, 2.45) is 0 Å². The van der Waals surface area contributed by atoms with E-state index in [1.165, 1.54) is 0 Å². The van der Waals surface area contributed by atoms with Gasteiger partial charge in [-0.15, -0.1) is 0 Å². The summed E-state index contributed by atoms with van der Waals surface area (Å²) in [5.41, 5.74) is 0.632. The van der Waals surface area contributed by atoms with Crippen LogP contribution in [0.4, 0.5) is 0 Å². The van der Waals surface area contributed by atoms with Crippen LogP contribution in [0.3, 0.4) is 0 Å². The van der Waals surface area contributed by atoms with Gasteiger partial charge in [-0.05, 0) is 57.5 Å². The Morgan fingerprint density at radius 2 is 1.72 bits per heavy atom. The molecule has 0 fully saturated rings. The molecule has 1 aromatic rings. The van der Waals surface area contributed by atoms with E-state index in [-0.39, 0.29) is 24.0 Å². The van der Waals surface area contributed by atoms with Crippen LogP contribution in [0.25, 0.3) is 0 Å². The number of hydrogen-bond acceptors (Lipinski definition) is 2. The molecule has 1 aromatic heterocycles. The van der Waals surface area contributed by atoms with E-state index < -0.39 is 0 Å². The highest BCUT2D eigenvalue weighted by Gasteiger charge is 2.27. The van der Waals surface area contributed by atoms with Crippen molar-refractivity contribution in [3.05, 3.63) is 16.4 Å². The van der Waals surface area contributed by atoms with Crippen molar-refractivity contribution in [1.82, 2.24) is 14.7 Å². The Morgan fingerprint density at radius 1 is 1.22 bits per heavy atom. The zero-order valence-electron chi connectivity index (χ0n) is 11.9. The first-order valence-corrected chi connectivity index (χ1v) is 7.12. The van der Waals surface area contributed by atoms with Gasteiger partial charge in [-0.25, -0.2) is 0 Å². The summed E-state index contributed by atoms with van der Waals surface area (Å²) < 4.78 is 2.52. The molecule has 0 aromatic carbocycles. The van der Waals surface area contributed by atoms with E-state index >= 15 is 0 Å². The van der Waals surface area contributed by atoms with Crippen LogP contribution in [0, 0.1) is 0 Å². The average Bonchev–Trinajstić information content (AvgIpc) is 2.58. The average molecular weight is 316 g/mol. The fourth-order valence-electron chi connectivity index (χ4n) is 2.12. The summed E-state index contributed by atoms with van der Waals surface area (Å²) in [5.74, 6) is 0.0260.